The molecule has 1 saturated heterocycles. The van der Waals surface area contributed by atoms with Crippen molar-refractivity contribution >= 4 is 23.5 Å². The zero-order chi connectivity index (χ0) is 14.7. The van der Waals surface area contributed by atoms with Crippen molar-refractivity contribution in [2.75, 3.05) is 6.54 Å². The zero-order valence-electron chi connectivity index (χ0n) is 11.4. The molecule has 1 aromatic rings. The highest BCUT2D eigenvalue weighted by Crippen LogP contribution is 2.24. The maximum atomic E-state index is 12.4. The van der Waals surface area contributed by atoms with Crippen molar-refractivity contribution in [2.45, 2.75) is 32.2 Å². The van der Waals surface area contributed by atoms with Crippen molar-refractivity contribution in [3.05, 3.63) is 34.9 Å². The quantitative estimate of drug-likeness (QED) is 0.932. The van der Waals surface area contributed by atoms with Crippen LogP contribution < -0.4 is 0 Å². The summed E-state index contributed by atoms with van der Waals surface area (Å²) in [5.74, 6) is -1.34. The SMILES string of the molecule is CC1CCC(C(=O)O)CN1C(=O)Cc1ccccc1Cl. The van der Waals surface area contributed by atoms with Gasteiger partial charge in [-0.15, -0.1) is 0 Å². The number of nitrogens with zero attached hydrogens (tertiary/aromatic N) is 1. The fourth-order valence-corrected chi connectivity index (χ4v) is 2.76. The van der Waals surface area contributed by atoms with Crippen LogP contribution in [0, 0.1) is 5.92 Å². The van der Waals surface area contributed by atoms with E-state index in [-0.39, 0.29) is 18.4 Å². The van der Waals surface area contributed by atoms with Crippen molar-refractivity contribution < 1.29 is 14.7 Å². The molecule has 1 aliphatic heterocycles. The summed E-state index contributed by atoms with van der Waals surface area (Å²) >= 11 is 6.06. The lowest BCUT2D eigenvalue weighted by Crippen LogP contribution is -2.47. The number of carboxylic acid groups (broad SMARTS) is 1. The molecule has 1 amide bonds. The lowest BCUT2D eigenvalue weighted by atomic mass is 9.93. The average molecular weight is 296 g/mol. The van der Waals surface area contributed by atoms with Gasteiger partial charge in [0.15, 0.2) is 0 Å². The van der Waals surface area contributed by atoms with Gasteiger partial charge in [-0.2, -0.15) is 0 Å². The van der Waals surface area contributed by atoms with Crippen LogP contribution in [0.5, 0.6) is 0 Å². The Hall–Kier alpha value is -1.55. The monoisotopic (exact) mass is 295 g/mol. The number of hydrogen-bond donors (Lipinski definition) is 1. The first-order chi connectivity index (χ1) is 9.49. The minimum absolute atomic E-state index is 0.0587. The van der Waals surface area contributed by atoms with Gasteiger partial charge >= 0.3 is 5.97 Å². The minimum Gasteiger partial charge on any atom is -0.481 e. The molecule has 0 radical (unpaired) electrons. The average Bonchev–Trinajstić information content (AvgIpc) is 2.41. The number of aliphatic carboxylic acids is 1. The Morgan fingerprint density at radius 1 is 1.35 bits per heavy atom. The second kappa shape index (κ2) is 6.27. The predicted octanol–water partition coefficient (Wildman–Crippen LogP) is 2.59. The Labute approximate surface area is 123 Å². The van der Waals surface area contributed by atoms with Gasteiger partial charge in [-0.05, 0) is 31.4 Å². The first-order valence-corrected chi connectivity index (χ1v) is 7.12. The molecular formula is C15H18ClNO3. The van der Waals surface area contributed by atoms with Crippen LogP contribution in [0.4, 0.5) is 0 Å². The van der Waals surface area contributed by atoms with Gasteiger partial charge in [0.25, 0.3) is 0 Å². The number of amides is 1. The molecule has 108 valence electrons. The number of rotatable bonds is 3. The van der Waals surface area contributed by atoms with Crippen molar-refractivity contribution in [1.82, 2.24) is 4.90 Å². The molecule has 1 fully saturated rings. The fraction of sp³-hybridized carbons (Fsp3) is 0.467. The standard InChI is InChI=1S/C15H18ClNO3/c1-10-6-7-12(15(19)20)9-17(10)14(18)8-11-4-2-3-5-13(11)16/h2-5,10,12H,6-9H2,1H3,(H,19,20). The largest absolute Gasteiger partial charge is 0.481 e. The van der Waals surface area contributed by atoms with E-state index in [0.29, 0.717) is 18.0 Å². The van der Waals surface area contributed by atoms with E-state index in [1.54, 1.807) is 11.0 Å². The summed E-state index contributed by atoms with van der Waals surface area (Å²) in [4.78, 5) is 25.1. The summed E-state index contributed by atoms with van der Waals surface area (Å²) in [6.07, 6.45) is 1.58. The van der Waals surface area contributed by atoms with Gasteiger partial charge in [-0.3, -0.25) is 9.59 Å². The van der Waals surface area contributed by atoms with Crippen LogP contribution in [0.3, 0.4) is 0 Å². The van der Waals surface area contributed by atoms with Gasteiger partial charge in [-0.1, -0.05) is 29.8 Å². The number of hydrogen-bond acceptors (Lipinski definition) is 2. The molecule has 0 bridgehead atoms. The van der Waals surface area contributed by atoms with Gasteiger partial charge in [0.1, 0.15) is 0 Å². The lowest BCUT2D eigenvalue weighted by molar-refractivity contribution is -0.146. The van der Waals surface area contributed by atoms with Crippen LogP contribution >= 0.6 is 11.6 Å². The third-order valence-corrected chi connectivity index (χ3v) is 4.22. The molecule has 0 spiro atoms. The molecule has 20 heavy (non-hydrogen) atoms. The van der Waals surface area contributed by atoms with Crippen molar-refractivity contribution in [3.8, 4) is 0 Å². The topological polar surface area (TPSA) is 57.6 Å². The smallest absolute Gasteiger partial charge is 0.308 e. The van der Waals surface area contributed by atoms with Gasteiger partial charge in [0.2, 0.25) is 5.91 Å². The summed E-state index contributed by atoms with van der Waals surface area (Å²) in [7, 11) is 0. The molecule has 1 N–H and O–H groups in total. The molecular weight excluding hydrogens is 278 g/mol. The van der Waals surface area contributed by atoms with Crippen LogP contribution in [0.15, 0.2) is 24.3 Å². The van der Waals surface area contributed by atoms with Crippen molar-refractivity contribution in [2.24, 2.45) is 5.92 Å². The van der Waals surface area contributed by atoms with Crippen LogP contribution in [0.1, 0.15) is 25.3 Å². The number of halogens is 1. The molecule has 2 rings (SSSR count). The molecule has 0 aromatic heterocycles. The third-order valence-electron chi connectivity index (χ3n) is 3.85. The van der Waals surface area contributed by atoms with Gasteiger partial charge in [0, 0.05) is 17.6 Å². The number of carbonyl (C=O) groups excluding carboxylic acids is 1. The van der Waals surface area contributed by atoms with Crippen LogP contribution in [-0.2, 0) is 16.0 Å². The van der Waals surface area contributed by atoms with Gasteiger partial charge < -0.3 is 10.0 Å². The Kier molecular flexibility index (Phi) is 4.65. The van der Waals surface area contributed by atoms with Crippen molar-refractivity contribution in [3.63, 3.8) is 0 Å². The van der Waals surface area contributed by atoms with Crippen LogP contribution in [-0.4, -0.2) is 34.5 Å². The molecule has 4 nitrogen and oxygen atoms in total. The van der Waals surface area contributed by atoms with E-state index in [1.807, 2.05) is 25.1 Å². The number of carboxylic acids is 1. The summed E-state index contributed by atoms with van der Waals surface area (Å²) in [6, 6.07) is 7.32. The minimum atomic E-state index is -0.826. The lowest BCUT2D eigenvalue weighted by Gasteiger charge is -2.36. The van der Waals surface area contributed by atoms with E-state index < -0.39 is 11.9 Å². The highest BCUT2D eigenvalue weighted by molar-refractivity contribution is 6.31. The number of benzene rings is 1. The predicted molar refractivity (Wildman–Crippen MR) is 76.7 cm³/mol. The first-order valence-electron chi connectivity index (χ1n) is 6.74. The summed E-state index contributed by atoms with van der Waals surface area (Å²) in [5.41, 5.74) is 0.781. The number of piperidine rings is 1. The first kappa shape index (κ1) is 14.9. The van der Waals surface area contributed by atoms with E-state index >= 15 is 0 Å². The molecule has 2 atom stereocenters. The van der Waals surface area contributed by atoms with E-state index in [1.165, 1.54) is 0 Å². The highest BCUT2D eigenvalue weighted by Gasteiger charge is 2.32. The maximum Gasteiger partial charge on any atom is 0.308 e. The Morgan fingerprint density at radius 3 is 2.70 bits per heavy atom. The summed E-state index contributed by atoms with van der Waals surface area (Å²) < 4.78 is 0. The molecule has 1 heterocycles. The molecule has 1 aromatic carbocycles. The Bertz CT molecular complexity index is 518. The van der Waals surface area contributed by atoms with Crippen LogP contribution in [0.25, 0.3) is 0 Å². The molecule has 0 aliphatic carbocycles. The second-order valence-electron chi connectivity index (χ2n) is 5.28. The Balaban J connectivity index is 2.07. The number of carbonyl (C=O) groups is 2. The van der Waals surface area contributed by atoms with E-state index in [4.69, 9.17) is 16.7 Å². The van der Waals surface area contributed by atoms with E-state index in [9.17, 15) is 9.59 Å². The van der Waals surface area contributed by atoms with E-state index in [2.05, 4.69) is 0 Å². The van der Waals surface area contributed by atoms with Gasteiger partial charge in [-0.25, -0.2) is 0 Å². The number of likely N-dealkylation sites (tertiary alicyclic amines) is 1. The third kappa shape index (κ3) is 3.31. The maximum absolute atomic E-state index is 12.4. The zero-order valence-corrected chi connectivity index (χ0v) is 12.1. The second-order valence-corrected chi connectivity index (χ2v) is 5.68. The molecule has 5 heteroatoms. The molecule has 1 aliphatic rings. The van der Waals surface area contributed by atoms with Crippen molar-refractivity contribution in [1.29, 1.82) is 0 Å². The highest BCUT2D eigenvalue weighted by atomic mass is 35.5. The molecule has 2 unspecified atom stereocenters. The van der Waals surface area contributed by atoms with Crippen LogP contribution in [0.2, 0.25) is 5.02 Å². The van der Waals surface area contributed by atoms with Gasteiger partial charge in [0.05, 0.1) is 12.3 Å². The summed E-state index contributed by atoms with van der Waals surface area (Å²) in [5, 5.41) is 9.67. The Morgan fingerprint density at radius 2 is 2.05 bits per heavy atom. The summed E-state index contributed by atoms with van der Waals surface area (Å²) in [6.45, 7) is 2.25. The van der Waals surface area contributed by atoms with E-state index in [0.717, 1.165) is 12.0 Å². The normalized spacial score (nSPS) is 22.6. The fourth-order valence-electron chi connectivity index (χ4n) is 2.56. The molecule has 0 saturated carbocycles.